The van der Waals surface area contributed by atoms with Crippen molar-refractivity contribution in [2.24, 2.45) is 0 Å². The molecule has 0 aromatic heterocycles. The third-order valence-electron chi connectivity index (χ3n) is 2.73. The van der Waals surface area contributed by atoms with Gasteiger partial charge in [0.1, 0.15) is 5.82 Å². The van der Waals surface area contributed by atoms with Gasteiger partial charge in [0.15, 0.2) is 0 Å². The molecule has 4 nitrogen and oxygen atoms in total. The summed E-state index contributed by atoms with van der Waals surface area (Å²) < 4.78 is 18.3. The van der Waals surface area contributed by atoms with E-state index in [4.69, 9.17) is 10.5 Å². The normalized spacial score (nSPS) is 19.2. The quantitative estimate of drug-likeness (QED) is 0.791. The van der Waals surface area contributed by atoms with Gasteiger partial charge in [-0.2, -0.15) is 0 Å². The Bertz CT molecular complexity index is 417. The number of hydrogen-bond acceptors (Lipinski definition) is 3. The Morgan fingerprint density at radius 2 is 2.41 bits per heavy atom. The summed E-state index contributed by atoms with van der Waals surface area (Å²) in [5.41, 5.74) is 6.30. The fourth-order valence-corrected chi connectivity index (χ4v) is 1.85. The summed E-state index contributed by atoms with van der Waals surface area (Å²) in [6.07, 6.45) is 2.15. The molecule has 2 rings (SSSR count). The highest BCUT2D eigenvalue weighted by molar-refractivity contribution is 5.94. The van der Waals surface area contributed by atoms with Crippen molar-refractivity contribution in [1.82, 2.24) is 0 Å². The SMILES string of the molecule is Nc1ccc(F)cc1NC(=O)CC1CCCO1. The Morgan fingerprint density at radius 1 is 1.59 bits per heavy atom. The van der Waals surface area contributed by atoms with Gasteiger partial charge in [-0.25, -0.2) is 4.39 Å². The second-order valence-corrected chi connectivity index (χ2v) is 4.12. The molecular weight excluding hydrogens is 223 g/mol. The molecule has 5 heteroatoms. The number of anilines is 2. The van der Waals surface area contributed by atoms with E-state index in [-0.39, 0.29) is 18.4 Å². The first-order chi connectivity index (χ1) is 8.15. The molecule has 0 bridgehead atoms. The van der Waals surface area contributed by atoms with E-state index in [2.05, 4.69) is 5.32 Å². The molecule has 1 unspecified atom stereocenters. The van der Waals surface area contributed by atoms with E-state index in [9.17, 15) is 9.18 Å². The van der Waals surface area contributed by atoms with Crippen LogP contribution < -0.4 is 11.1 Å². The number of rotatable bonds is 3. The molecule has 1 aliphatic heterocycles. The summed E-state index contributed by atoms with van der Waals surface area (Å²) >= 11 is 0. The lowest BCUT2D eigenvalue weighted by Crippen LogP contribution is -2.19. The molecule has 0 aliphatic carbocycles. The van der Waals surface area contributed by atoms with Gasteiger partial charge in [0.25, 0.3) is 0 Å². The molecule has 0 saturated carbocycles. The van der Waals surface area contributed by atoms with E-state index in [1.807, 2.05) is 0 Å². The van der Waals surface area contributed by atoms with Crippen molar-refractivity contribution in [2.75, 3.05) is 17.7 Å². The van der Waals surface area contributed by atoms with Crippen LogP contribution in [0.3, 0.4) is 0 Å². The van der Waals surface area contributed by atoms with Crippen LogP contribution in [-0.4, -0.2) is 18.6 Å². The van der Waals surface area contributed by atoms with Crippen molar-refractivity contribution in [3.63, 3.8) is 0 Å². The van der Waals surface area contributed by atoms with Crippen molar-refractivity contribution >= 4 is 17.3 Å². The Balaban J connectivity index is 1.95. The monoisotopic (exact) mass is 238 g/mol. The van der Waals surface area contributed by atoms with E-state index in [0.717, 1.165) is 12.8 Å². The summed E-state index contributed by atoms with van der Waals surface area (Å²) in [6, 6.07) is 3.89. The summed E-state index contributed by atoms with van der Waals surface area (Å²) in [4.78, 5) is 11.7. The first kappa shape index (κ1) is 11.9. The van der Waals surface area contributed by atoms with E-state index >= 15 is 0 Å². The van der Waals surface area contributed by atoms with Gasteiger partial charge in [-0.1, -0.05) is 0 Å². The molecule has 1 heterocycles. The lowest BCUT2D eigenvalue weighted by Gasteiger charge is -2.11. The summed E-state index contributed by atoms with van der Waals surface area (Å²) in [6.45, 7) is 0.708. The first-order valence-electron chi connectivity index (χ1n) is 5.61. The molecule has 1 aliphatic rings. The molecule has 1 saturated heterocycles. The Labute approximate surface area is 98.9 Å². The number of halogens is 1. The van der Waals surface area contributed by atoms with Crippen LogP contribution in [0.1, 0.15) is 19.3 Å². The van der Waals surface area contributed by atoms with Crippen molar-refractivity contribution < 1.29 is 13.9 Å². The maximum absolute atomic E-state index is 13.0. The number of hydrogen-bond donors (Lipinski definition) is 2. The number of nitrogens with two attached hydrogens (primary N) is 1. The fourth-order valence-electron chi connectivity index (χ4n) is 1.85. The van der Waals surface area contributed by atoms with Gasteiger partial charge in [-0.05, 0) is 31.0 Å². The summed E-state index contributed by atoms with van der Waals surface area (Å²) in [7, 11) is 0. The second kappa shape index (κ2) is 5.14. The van der Waals surface area contributed by atoms with Crippen LogP contribution in [0, 0.1) is 5.82 Å². The van der Waals surface area contributed by atoms with Crippen LogP contribution >= 0.6 is 0 Å². The fraction of sp³-hybridized carbons (Fsp3) is 0.417. The minimum atomic E-state index is -0.424. The number of ether oxygens (including phenoxy) is 1. The largest absolute Gasteiger partial charge is 0.397 e. The number of carbonyl (C=O) groups is 1. The number of amides is 1. The molecule has 1 fully saturated rings. The topological polar surface area (TPSA) is 64.3 Å². The number of nitrogen functional groups attached to an aromatic ring is 1. The number of carbonyl (C=O) groups excluding carboxylic acids is 1. The predicted molar refractivity (Wildman–Crippen MR) is 63.0 cm³/mol. The average Bonchev–Trinajstić information content (AvgIpc) is 2.76. The zero-order valence-electron chi connectivity index (χ0n) is 9.41. The molecule has 17 heavy (non-hydrogen) atoms. The van der Waals surface area contributed by atoms with Gasteiger partial charge in [0, 0.05) is 6.61 Å². The molecular formula is C12H15FN2O2. The molecule has 0 radical (unpaired) electrons. The highest BCUT2D eigenvalue weighted by Crippen LogP contribution is 2.21. The Kier molecular flexibility index (Phi) is 3.58. The minimum Gasteiger partial charge on any atom is -0.397 e. The van der Waals surface area contributed by atoms with Crippen LogP contribution in [0.25, 0.3) is 0 Å². The van der Waals surface area contributed by atoms with Crippen molar-refractivity contribution in [3.8, 4) is 0 Å². The van der Waals surface area contributed by atoms with Crippen LogP contribution in [0.4, 0.5) is 15.8 Å². The van der Waals surface area contributed by atoms with Crippen LogP contribution in [0.5, 0.6) is 0 Å². The Morgan fingerprint density at radius 3 is 3.12 bits per heavy atom. The number of nitrogens with one attached hydrogen (secondary N) is 1. The van der Waals surface area contributed by atoms with Crippen LogP contribution in [0.2, 0.25) is 0 Å². The third-order valence-corrected chi connectivity index (χ3v) is 2.73. The molecule has 0 spiro atoms. The lowest BCUT2D eigenvalue weighted by molar-refractivity contribution is -0.118. The van der Waals surface area contributed by atoms with Crippen molar-refractivity contribution in [3.05, 3.63) is 24.0 Å². The molecule has 1 amide bonds. The van der Waals surface area contributed by atoms with Crippen LogP contribution in [0.15, 0.2) is 18.2 Å². The molecule has 1 aromatic rings. The maximum atomic E-state index is 13.0. The zero-order chi connectivity index (χ0) is 12.3. The van der Waals surface area contributed by atoms with E-state index in [0.29, 0.717) is 18.0 Å². The standard InChI is InChI=1S/C12H15FN2O2/c13-8-3-4-10(14)11(6-8)15-12(16)7-9-2-1-5-17-9/h3-4,6,9H,1-2,5,7,14H2,(H,15,16). The van der Waals surface area contributed by atoms with Gasteiger partial charge in [-0.3, -0.25) is 4.79 Å². The molecule has 1 aromatic carbocycles. The summed E-state index contributed by atoms with van der Waals surface area (Å²) in [5.74, 6) is -0.624. The molecule has 3 N–H and O–H groups in total. The van der Waals surface area contributed by atoms with Crippen molar-refractivity contribution in [2.45, 2.75) is 25.4 Å². The second-order valence-electron chi connectivity index (χ2n) is 4.12. The van der Waals surface area contributed by atoms with Gasteiger partial charge in [0.2, 0.25) is 5.91 Å². The van der Waals surface area contributed by atoms with Gasteiger partial charge < -0.3 is 15.8 Å². The van der Waals surface area contributed by atoms with Crippen molar-refractivity contribution in [1.29, 1.82) is 0 Å². The number of benzene rings is 1. The first-order valence-corrected chi connectivity index (χ1v) is 5.61. The van der Waals surface area contributed by atoms with Crippen LogP contribution in [-0.2, 0) is 9.53 Å². The highest BCUT2D eigenvalue weighted by atomic mass is 19.1. The van der Waals surface area contributed by atoms with E-state index in [1.165, 1.54) is 18.2 Å². The highest BCUT2D eigenvalue weighted by Gasteiger charge is 2.19. The van der Waals surface area contributed by atoms with E-state index < -0.39 is 5.82 Å². The van der Waals surface area contributed by atoms with Gasteiger partial charge >= 0.3 is 0 Å². The van der Waals surface area contributed by atoms with Gasteiger partial charge in [-0.15, -0.1) is 0 Å². The predicted octanol–water partition coefficient (Wildman–Crippen LogP) is 1.92. The van der Waals surface area contributed by atoms with Gasteiger partial charge in [0.05, 0.1) is 23.9 Å². The molecule has 92 valence electrons. The third kappa shape index (κ3) is 3.17. The maximum Gasteiger partial charge on any atom is 0.227 e. The smallest absolute Gasteiger partial charge is 0.227 e. The lowest BCUT2D eigenvalue weighted by atomic mass is 10.1. The Hall–Kier alpha value is -1.62. The zero-order valence-corrected chi connectivity index (χ0v) is 9.41. The summed E-state index contributed by atoms with van der Waals surface area (Å²) in [5, 5.41) is 2.59. The molecule has 1 atom stereocenters. The average molecular weight is 238 g/mol. The minimum absolute atomic E-state index is 0.0233. The van der Waals surface area contributed by atoms with E-state index in [1.54, 1.807) is 0 Å².